The predicted octanol–water partition coefficient (Wildman–Crippen LogP) is 3.36. The molecule has 0 amide bonds. The molecule has 0 radical (unpaired) electrons. The summed E-state index contributed by atoms with van der Waals surface area (Å²) in [6.45, 7) is 7.02. The third kappa shape index (κ3) is 3.29. The van der Waals surface area contributed by atoms with Crippen molar-refractivity contribution in [2.24, 2.45) is 0 Å². The number of carbonyl (C=O) groups excluding carboxylic acids is 1. The highest BCUT2D eigenvalue weighted by atomic mass is 16.6. The maximum Gasteiger partial charge on any atom is 0.311 e. The van der Waals surface area contributed by atoms with Crippen LogP contribution in [0.25, 0.3) is 0 Å². The van der Waals surface area contributed by atoms with Gasteiger partial charge in [0, 0.05) is 11.6 Å². The summed E-state index contributed by atoms with van der Waals surface area (Å²) in [5, 5.41) is 11.0. The van der Waals surface area contributed by atoms with Crippen LogP contribution in [0.5, 0.6) is 5.75 Å². The van der Waals surface area contributed by atoms with Crippen LogP contribution < -0.4 is 4.74 Å². The van der Waals surface area contributed by atoms with Gasteiger partial charge in [-0.3, -0.25) is 14.9 Å². The average molecular weight is 251 g/mol. The van der Waals surface area contributed by atoms with Gasteiger partial charge in [-0.15, -0.1) is 0 Å². The number of nitrogens with zero attached hydrogens (tertiary/aromatic N) is 1. The van der Waals surface area contributed by atoms with Gasteiger partial charge in [-0.1, -0.05) is 6.92 Å². The van der Waals surface area contributed by atoms with E-state index in [1.165, 1.54) is 25.1 Å². The number of Topliss-reactive ketones (excluding diaryl/α,β-unsaturated/α-hetero) is 1. The van der Waals surface area contributed by atoms with Gasteiger partial charge >= 0.3 is 5.69 Å². The highest BCUT2D eigenvalue weighted by Gasteiger charge is 2.24. The van der Waals surface area contributed by atoms with E-state index in [9.17, 15) is 14.9 Å². The van der Waals surface area contributed by atoms with Crippen molar-refractivity contribution in [3.63, 3.8) is 0 Å². The van der Waals surface area contributed by atoms with Crippen LogP contribution in [0.1, 0.15) is 44.5 Å². The number of ether oxygens (including phenoxy) is 1. The van der Waals surface area contributed by atoms with Crippen molar-refractivity contribution >= 4 is 11.5 Å². The molecule has 0 aliphatic heterocycles. The summed E-state index contributed by atoms with van der Waals surface area (Å²) in [7, 11) is 0. The van der Waals surface area contributed by atoms with E-state index in [0.29, 0.717) is 5.56 Å². The van der Waals surface area contributed by atoms with E-state index in [2.05, 4.69) is 0 Å². The van der Waals surface area contributed by atoms with Crippen LogP contribution in [-0.4, -0.2) is 16.3 Å². The van der Waals surface area contributed by atoms with Crippen LogP contribution in [0.4, 0.5) is 5.69 Å². The number of ketones is 1. The van der Waals surface area contributed by atoms with Gasteiger partial charge in [0.2, 0.25) is 0 Å². The summed E-state index contributed by atoms with van der Waals surface area (Å²) < 4.78 is 5.63. The second-order valence-corrected chi connectivity index (χ2v) is 4.71. The summed E-state index contributed by atoms with van der Waals surface area (Å²) in [6, 6.07) is 4.27. The number of rotatable bonds is 5. The van der Waals surface area contributed by atoms with Crippen molar-refractivity contribution in [1.82, 2.24) is 0 Å². The molecule has 0 spiro atoms. The second-order valence-electron chi connectivity index (χ2n) is 4.71. The predicted molar refractivity (Wildman–Crippen MR) is 68.1 cm³/mol. The standard InChI is InChI=1S/C13H17NO4/c1-5-13(3,4)18-12-7-6-10(9(2)15)8-11(12)14(16)17/h6-8H,5H2,1-4H3. The van der Waals surface area contributed by atoms with Crippen molar-refractivity contribution in [3.05, 3.63) is 33.9 Å². The zero-order valence-corrected chi connectivity index (χ0v) is 11.0. The lowest BCUT2D eigenvalue weighted by Gasteiger charge is -2.24. The van der Waals surface area contributed by atoms with E-state index in [0.717, 1.165) is 6.42 Å². The van der Waals surface area contributed by atoms with Gasteiger partial charge in [0.15, 0.2) is 11.5 Å². The summed E-state index contributed by atoms with van der Waals surface area (Å²) in [5.74, 6) is -0.0174. The fraction of sp³-hybridized carbons (Fsp3) is 0.462. The fourth-order valence-electron chi connectivity index (χ4n) is 1.34. The SMILES string of the molecule is CCC(C)(C)Oc1ccc(C(C)=O)cc1[N+](=O)[O-]. The molecule has 0 atom stereocenters. The Hall–Kier alpha value is -1.91. The van der Waals surface area contributed by atoms with Gasteiger partial charge in [0.25, 0.3) is 0 Å². The molecule has 0 unspecified atom stereocenters. The Morgan fingerprint density at radius 1 is 1.44 bits per heavy atom. The first-order chi connectivity index (χ1) is 8.26. The molecule has 0 heterocycles. The van der Waals surface area contributed by atoms with Gasteiger partial charge < -0.3 is 4.74 Å². The molecule has 1 rings (SSSR count). The molecule has 5 heteroatoms. The lowest BCUT2D eigenvalue weighted by molar-refractivity contribution is -0.386. The molecular formula is C13H17NO4. The number of hydrogen-bond acceptors (Lipinski definition) is 4. The van der Waals surface area contributed by atoms with E-state index in [1.807, 2.05) is 20.8 Å². The maximum atomic E-state index is 11.2. The zero-order valence-electron chi connectivity index (χ0n) is 11.0. The Morgan fingerprint density at radius 3 is 2.50 bits per heavy atom. The number of nitro benzene ring substituents is 1. The van der Waals surface area contributed by atoms with Crippen LogP contribution in [0.3, 0.4) is 0 Å². The van der Waals surface area contributed by atoms with Crippen LogP contribution in [0.15, 0.2) is 18.2 Å². The Bertz CT molecular complexity index is 480. The van der Waals surface area contributed by atoms with Crippen LogP contribution >= 0.6 is 0 Å². The largest absolute Gasteiger partial charge is 0.481 e. The number of hydrogen-bond donors (Lipinski definition) is 0. The van der Waals surface area contributed by atoms with E-state index >= 15 is 0 Å². The first-order valence-corrected chi connectivity index (χ1v) is 5.75. The van der Waals surface area contributed by atoms with Gasteiger partial charge in [-0.25, -0.2) is 0 Å². The highest BCUT2D eigenvalue weighted by molar-refractivity contribution is 5.95. The van der Waals surface area contributed by atoms with Gasteiger partial charge in [-0.05, 0) is 39.3 Å². The average Bonchev–Trinajstić information content (AvgIpc) is 2.28. The van der Waals surface area contributed by atoms with Crippen molar-refractivity contribution in [3.8, 4) is 5.75 Å². The van der Waals surface area contributed by atoms with E-state index in [-0.39, 0.29) is 17.2 Å². The molecule has 0 aromatic heterocycles. The van der Waals surface area contributed by atoms with Gasteiger partial charge in [0.05, 0.1) is 4.92 Å². The van der Waals surface area contributed by atoms with Crippen LogP contribution in [0.2, 0.25) is 0 Å². The molecule has 1 aromatic carbocycles. The number of benzene rings is 1. The third-order valence-corrected chi connectivity index (χ3v) is 2.80. The molecule has 0 saturated heterocycles. The molecule has 98 valence electrons. The fourth-order valence-corrected chi connectivity index (χ4v) is 1.34. The number of carbonyl (C=O) groups is 1. The Kier molecular flexibility index (Phi) is 4.06. The minimum Gasteiger partial charge on any atom is -0.481 e. The molecule has 0 aliphatic rings. The molecule has 18 heavy (non-hydrogen) atoms. The molecule has 1 aromatic rings. The van der Waals surface area contributed by atoms with Crippen molar-refractivity contribution in [2.75, 3.05) is 0 Å². The molecule has 0 aliphatic carbocycles. The Balaban J connectivity index is 3.20. The molecule has 0 bridgehead atoms. The maximum absolute atomic E-state index is 11.2. The molecule has 0 saturated carbocycles. The zero-order chi connectivity index (χ0) is 13.9. The van der Waals surface area contributed by atoms with Crippen molar-refractivity contribution in [2.45, 2.75) is 39.7 Å². The van der Waals surface area contributed by atoms with Gasteiger partial charge in [-0.2, -0.15) is 0 Å². The summed E-state index contributed by atoms with van der Waals surface area (Å²) in [4.78, 5) is 21.7. The first kappa shape index (κ1) is 14.2. The normalized spacial score (nSPS) is 11.1. The monoisotopic (exact) mass is 251 g/mol. The Labute approximate surface area is 106 Å². The molecular weight excluding hydrogens is 234 g/mol. The number of nitro groups is 1. The van der Waals surface area contributed by atoms with E-state index in [4.69, 9.17) is 4.74 Å². The van der Waals surface area contributed by atoms with Crippen molar-refractivity contribution in [1.29, 1.82) is 0 Å². The minimum absolute atomic E-state index is 0.177. The van der Waals surface area contributed by atoms with Crippen LogP contribution in [0, 0.1) is 10.1 Å². The smallest absolute Gasteiger partial charge is 0.311 e. The molecule has 0 fully saturated rings. The van der Waals surface area contributed by atoms with Crippen LogP contribution in [-0.2, 0) is 0 Å². The van der Waals surface area contributed by atoms with E-state index in [1.54, 1.807) is 0 Å². The third-order valence-electron chi connectivity index (χ3n) is 2.80. The summed E-state index contributed by atoms with van der Waals surface area (Å²) in [6.07, 6.45) is 0.721. The quantitative estimate of drug-likeness (QED) is 0.457. The second kappa shape index (κ2) is 5.16. The summed E-state index contributed by atoms with van der Waals surface area (Å²) in [5.41, 5.74) is -0.352. The molecule has 5 nitrogen and oxygen atoms in total. The van der Waals surface area contributed by atoms with Gasteiger partial charge in [0.1, 0.15) is 5.60 Å². The van der Waals surface area contributed by atoms with Crippen molar-refractivity contribution < 1.29 is 14.5 Å². The van der Waals surface area contributed by atoms with E-state index < -0.39 is 10.5 Å². The highest BCUT2D eigenvalue weighted by Crippen LogP contribution is 2.31. The topological polar surface area (TPSA) is 69.4 Å². The minimum atomic E-state index is -0.534. The first-order valence-electron chi connectivity index (χ1n) is 5.75. The Morgan fingerprint density at radius 2 is 2.06 bits per heavy atom. The lowest BCUT2D eigenvalue weighted by Crippen LogP contribution is -2.27. The summed E-state index contributed by atoms with van der Waals surface area (Å²) >= 11 is 0. The molecule has 0 N–H and O–H groups in total. The lowest BCUT2D eigenvalue weighted by atomic mass is 10.1.